The van der Waals surface area contributed by atoms with Crippen molar-refractivity contribution >= 4 is 128 Å². The number of aromatic nitrogens is 9. The summed E-state index contributed by atoms with van der Waals surface area (Å²) in [6.07, 6.45) is 6.55. The fraction of sp³-hybridized carbons (Fsp3) is 0.292. The van der Waals surface area contributed by atoms with Crippen LogP contribution in [0.2, 0.25) is 0 Å². The lowest BCUT2D eigenvalue weighted by molar-refractivity contribution is 0.351. The molecule has 584 valence electrons. The van der Waals surface area contributed by atoms with Gasteiger partial charge in [-0.2, -0.15) is 8.42 Å². The SMILES string of the molecule is [C-]#[N+]c1cc(F)c(N[C@H](CS(=O)(=O)Cl)C(C)(C)C)nc1-c1cn(S(=O)(=O)c2ccc(C)cc2)c2ncc(F)cc12.[C-]#[N+]c1cc(F)c(N[C@H](CS(=O)(=O)NC)C(C)(C)C)nc1-c1c[nH]c2ncc(F)cc12.[C-]#[N+]c1cc(F)c(N[C@H](CS(=O)(=O)O)C(C)(C)C)nc1-c1cn(S(=O)(=O)c2ccc(C)cc2)c2ncc(F)cc12. The van der Waals surface area contributed by atoms with Gasteiger partial charge in [-0.25, -0.2) is 117 Å². The molecule has 9 heterocycles. The number of aryl methyl sites for hydroxylation is 2. The van der Waals surface area contributed by atoms with E-state index >= 15 is 8.78 Å². The van der Waals surface area contributed by atoms with E-state index in [0.29, 0.717) is 16.6 Å². The minimum absolute atomic E-state index is 0.00371. The van der Waals surface area contributed by atoms with Crippen molar-refractivity contribution < 1.29 is 73.0 Å². The molecule has 0 bridgehead atoms. The summed E-state index contributed by atoms with van der Waals surface area (Å²) in [4.78, 5) is 37.4. The number of benzene rings is 2. The van der Waals surface area contributed by atoms with Crippen LogP contribution in [0.25, 0.3) is 81.4 Å². The highest BCUT2D eigenvalue weighted by Gasteiger charge is 2.36. The van der Waals surface area contributed by atoms with E-state index in [2.05, 4.69) is 70.1 Å². The third-order valence-corrected chi connectivity index (χ3v) is 23.9. The fourth-order valence-electron chi connectivity index (χ4n) is 11.0. The van der Waals surface area contributed by atoms with Crippen LogP contribution in [0.1, 0.15) is 73.4 Å². The van der Waals surface area contributed by atoms with Gasteiger partial charge in [0.25, 0.3) is 30.2 Å². The molecule has 0 aliphatic heterocycles. The Morgan fingerprint density at radius 1 is 0.495 bits per heavy atom. The monoisotopic (exact) mass is 1640 g/mol. The Balaban J connectivity index is 0.000000193. The van der Waals surface area contributed by atoms with Gasteiger partial charge in [-0.05, 0) is 97.8 Å². The molecule has 3 atom stereocenters. The summed E-state index contributed by atoms with van der Waals surface area (Å²) >= 11 is 0. The van der Waals surface area contributed by atoms with Crippen LogP contribution in [-0.2, 0) is 49.2 Å². The van der Waals surface area contributed by atoms with Gasteiger partial charge in [0, 0.05) is 80.2 Å². The van der Waals surface area contributed by atoms with Crippen LogP contribution in [0.4, 0.5) is 60.9 Å². The molecule has 6 N–H and O–H groups in total. The number of aromatic amines is 1. The van der Waals surface area contributed by atoms with Crippen molar-refractivity contribution in [1.29, 1.82) is 0 Å². The first kappa shape index (κ1) is 84.4. The van der Waals surface area contributed by atoms with E-state index < -0.39 is 142 Å². The van der Waals surface area contributed by atoms with Gasteiger partial charge in [0.05, 0.1) is 82.4 Å². The number of rotatable bonds is 20. The first-order valence-corrected chi connectivity index (χ1v) is 41.5. The molecule has 27 nitrogen and oxygen atoms in total. The minimum Gasteiger partial charge on any atom is -0.363 e. The molecule has 0 unspecified atom stereocenters. The molecule has 0 saturated heterocycles. The summed E-state index contributed by atoms with van der Waals surface area (Å²) < 4.78 is 226. The van der Waals surface area contributed by atoms with Crippen LogP contribution in [0.5, 0.6) is 0 Å². The third-order valence-electron chi connectivity index (χ3n) is 17.3. The van der Waals surface area contributed by atoms with Crippen molar-refractivity contribution in [3.63, 3.8) is 0 Å². The van der Waals surface area contributed by atoms with E-state index in [1.807, 2.05) is 20.8 Å². The number of H-pyrrole nitrogens is 1. The highest BCUT2D eigenvalue weighted by molar-refractivity contribution is 8.13. The number of hydrogen-bond donors (Lipinski definition) is 6. The Labute approximate surface area is 640 Å². The minimum atomic E-state index is -4.47. The van der Waals surface area contributed by atoms with Crippen molar-refractivity contribution in [3.05, 3.63) is 202 Å². The van der Waals surface area contributed by atoms with E-state index in [1.54, 1.807) is 79.7 Å². The van der Waals surface area contributed by atoms with Crippen molar-refractivity contribution in [2.24, 2.45) is 16.2 Å². The second-order valence-electron chi connectivity index (χ2n) is 28.6. The maximum Gasteiger partial charge on any atom is 0.269 e. The zero-order chi connectivity index (χ0) is 82.2. The van der Waals surface area contributed by atoms with Crippen LogP contribution < -0.4 is 20.7 Å². The second kappa shape index (κ2) is 32.0. The molecule has 0 amide bonds. The summed E-state index contributed by atoms with van der Waals surface area (Å²) in [6, 6.07) is 15.6. The summed E-state index contributed by atoms with van der Waals surface area (Å²) in [5.74, 6) is -7.53. The van der Waals surface area contributed by atoms with Gasteiger partial charge >= 0.3 is 0 Å². The molecule has 0 aliphatic carbocycles. The van der Waals surface area contributed by atoms with E-state index in [1.165, 1.54) is 43.6 Å². The Bertz CT molecular complexity index is 5940. The predicted molar refractivity (Wildman–Crippen MR) is 411 cm³/mol. The zero-order valence-electron chi connectivity index (χ0n) is 61.0. The van der Waals surface area contributed by atoms with Crippen molar-refractivity contribution in [2.75, 3.05) is 40.3 Å². The van der Waals surface area contributed by atoms with Gasteiger partial charge in [0.15, 0.2) is 46.2 Å². The summed E-state index contributed by atoms with van der Waals surface area (Å²) in [7, 11) is -13.7. The maximum absolute atomic E-state index is 15.1. The molecule has 0 spiro atoms. The lowest BCUT2D eigenvalue weighted by atomic mass is 9.88. The van der Waals surface area contributed by atoms with E-state index in [4.69, 9.17) is 30.4 Å². The molecule has 0 aliphatic rings. The van der Waals surface area contributed by atoms with Crippen LogP contribution in [0.15, 0.2) is 132 Å². The third kappa shape index (κ3) is 19.6. The topological polar surface area (TPSA) is 355 Å². The quantitative estimate of drug-likeness (QED) is 0.0179. The molecule has 0 saturated carbocycles. The highest BCUT2D eigenvalue weighted by atomic mass is 35.7. The van der Waals surface area contributed by atoms with E-state index in [0.717, 1.165) is 80.4 Å². The molecule has 39 heteroatoms. The number of hydrogen-bond acceptors (Lipinski definition) is 19. The molecule has 2 aromatic carbocycles. The number of nitrogens with zero attached hydrogens (tertiary/aromatic N) is 11. The van der Waals surface area contributed by atoms with Gasteiger partial charge in [-0.15, -0.1) is 0 Å². The number of nitrogens with one attached hydrogen (secondary N) is 5. The molecule has 0 radical (unpaired) electrons. The molecular weight excluding hydrogens is 1570 g/mol. The molecule has 11 rings (SSSR count). The van der Waals surface area contributed by atoms with Gasteiger partial charge in [0.2, 0.25) is 36.1 Å². The van der Waals surface area contributed by atoms with Gasteiger partial charge in [-0.3, -0.25) is 4.55 Å². The predicted octanol–water partition coefficient (Wildman–Crippen LogP) is 14.9. The number of fused-ring (bicyclic) bond motifs is 3. The summed E-state index contributed by atoms with van der Waals surface area (Å²) in [6.45, 7) is 41.7. The normalized spacial score (nSPS) is 13.2. The average molecular weight is 1650 g/mol. The van der Waals surface area contributed by atoms with Gasteiger partial charge in [0.1, 0.15) is 23.1 Å². The first-order chi connectivity index (χ1) is 51.5. The molecule has 111 heavy (non-hydrogen) atoms. The number of anilines is 3. The Morgan fingerprint density at radius 2 is 0.829 bits per heavy atom. The number of sulfonamides is 1. The van der Waals surface area contributed by atoms with Crippen LogP contribution >= 0.6 is 10.7 Å². The Morgan fingerprint density at radius 3 is 1.16 bits per heavy atom. The first-order valence-electron chi connectivity index (χ1n) is 32.9. The average Bonchev–Trinajstić information content (AvgIpc) is 1.60. The van der Waals surface area contributed by atoms with Crippen LogP contribution in [-0.4, -0.2) is 132 Å². The van der Waals surface area contributed by atoms with E-state index in [-0.39, 0.29) is 88.7 Å². The maximum atomic E-state index is 15.1. The number of pyridine rings is 6. The largest absolute Gasteiger partial charge is 0.363 e. The summed E-state index contributed by atoms with van der Waals surface area (Å²) in [5.41, 5.74) is -0.807. The van der Waals surface area contributed by atoms with Crippen molar-refractivity contribution in [3.8, 4) is 33.8 Å². The van der Waals surface area contributed by atoms with Crippen molar-refractivity contribution in [2.45, 2.75) is 104 Å². The molecular formula is C72H71ClF6N16O11S5. The lowest BCUT2D eigenvalue weighted by Crippen LogP contribution is -2.43. The molecule has 9 aromatic heterocycles. The molecule has 11 aromatic rings. The lowest BCUT2D eigenvalue weighted by Gasteiger charge is -2.31. The van der Waals surface area contributed by atoms with Gasteiger partial charge < -0.3 is 20.9 Å². The standard InChI is InChI=1S/C26H24ClF2N5O4S2.C26H25F2N5O5S2.C20H22F2N6O2S/c1-15-6-8-17(9-7-15)40(37,38)34-13-19(18-10-16(28)12-31-25(18)34)23-21(30-5)11-20(29)24(33-23)32-22(26(2,3)4)14-39(27,35)36;1-15-6-8-17(9-7-15)40(37,38)33-13-19(18-10-16(27)12-30-25(18)33)23-21(29-5)11-20(28)24(32-23)31-22(26(2,3)4)14-39(34,35)36;1-20(2,3)16(10-31(29,30)24-5)27-19-14(22)7-15(23-4)17(28-19)13-9-26-18-12(13)6-11(21)8-25-18/h6-13,22H,14H2,1-4H3,(H,32,33);6-13,22H,14H2,1-4H3,(H,31,32)(H,34,35,36);6-9,16,24H,10H2,1-3,5H3,(H,25,26)(H,27,28)/t2*22-;16-/m111/s1. The van der Waals surface area contributed by atoms with E-state index in [9.17, 15) is 64.2 Å². The Kier molecular flexibility index (Phi) is 24.3. The van der Waals surface area contributed by atoms with Crippen LogP contribution in [0.3, 0.4) is 0 Å². The number of halogens is 7. The fourth-order valence-corrected chi connectivity index (χ4v) is 17.2. The highest BCUT2D eigenvalue weighted by Crippen LogP contribution is 2.43. The smallest absolute Gasteiger partial charge is 0.269 e. The zero-order valence-corrected chi connectivity index (χ0v) is 65.9. The van der Waals surface area contributed by atoms with Gasteiger partial charge in [-0.1, -0.05) is 97.7 Å². The molecule has 0 fully saturated rings. The Hall–Kier alpha value is -10.6. The second-order valence-corrected chi connectivity index (χ2v) is 38.6. The van der Waals surface area contributed by atoms with Crippen molar-refractivity contribution in [1.82, 2.24) is 47.6 Å². The summed E-state index contributed by atoms with van der Waals surface area (Å²) in [5, 5.41) is 8.74. The van der Waals surface area contributed by atoms with Crippen LogP contribution in [0, 0.1) is 84.7 Å².